The van der Waals surface area contributed by atoms with Gasteiger partial charge in [-0.25, -0.2) is 13.2 Å². The van der Waals surface area contributed by atoms with Crippen molar-refractivity contribution in [2.75, 3.05) is 12.8 Å². The first-order chi connectivity index (χ1) is 10.9. The number of allylic oxidation sites excluding steroid dienone is 2. The molecule has 0 heterocycles. The monoisotopic (exact) mass is 336 g/mol. The number of carbonyl (C=O) groups excluding carboxylic acids is 1. The van der Waals surface area contributed by atoms with Crippen molar-refractivity contribution in [3.8, 4) is 0 Å². The third kappa shape index (κ3) is 6.86. The first-order valence-corrected chi connectivity index (χ1v) is 9.91. The summed E-state index contributed by atoms with van der Waals surface area (Å²) in [5.41, 5.74) is 1.70. The summed E-state index contributed by atoms with van der Waals surface area (Å²) < 4.78 is 22.5. The molecule has 1 aliphatic carbocycles. The van der Waals surface area contributed by atoms with Gasteiger partial charge in [0, 0.05) is 19.3 Å². The van der Waals surface area contributed by atoms with Crippen LogP contribution in [0.2, 0.25) is 0 Å². The number of amides is 2. The lowest BCUT2D eigenvalue weighted by Gasteiger charge is -2.18. The number of sulfone groups is 1. The van der Waals surface area contributed by atoms with E-state index in [4.69, 9.17) is 0 Å². The van der Waals surface area contributed by atoms with Crippen LogP contribution in [0.3, 0.4) is 0 Å². The number of rotatable bonds is 6. The average molecular weight is 336 g/mol. The van der Waals surface area contributed by atoms with Crippen molar-refractivity contribution < 1.29 is 13.2 Å². The second-order valence-electron chi connectivity index (χ2n) is 6.10. The zero-order chi connectivity index (χ0) is 16.7. The summed E-state index contributed by atoms with van der Waals surface area (Å²) in [4.78, 5) is 11.8. The van der Waals surface area contributed by atoms with E-state index in [1.807, 2.05) is 12.1 Å². The molecule has 0 radical (unpaired) electrons. The first kappa shape index (κ1) is 17.5. The fraction of sp³-hybridized carbons (Fsp3) is 0.471. The minimum Gasteiger partial charge on any atom is -0.338 e. The Balaban J connectivity index is 1.72. The van der Waals surface area contributed by atoms with E-state index in [1.54, 1.807) is 12.1 Å². The molecule has 0 bridgehead atoms. The summed E-state index contributed by atoms with van der Waals surface area (Å²) in [5, 5.41) is 5.72. The molecule has 0 unspecified atom stereocenters. The molecule has 1 aromatic rings. The number of carbonyl (C=O) groups is 1. The molecule has 126 valence electrons. The number of hydrogen-bond donors (Lipinski definition) is 2. The normalized spacial score (nSPS) is 17.7. The van der Waals surface area contributed by atoms with Crippen molar-refractivity contribution in [3.63, 3.8) is 0 Å². The molecule has 5 nitrogen and oxygen atoms in total. The van der Waals surface area contributed by atoms with E-state index in [2.05, 4.69) is 22.8 Å². The zero-order valence-corrected chi connectivity index (χ0v) is 14.2. The van der Waals surface area contributed by atoms with Gasteiger partial charge < -0.3 is 10.6 Å². The summed E-state index contributed by atoms with van der Waals surface area (Å²) in [6.45, 7) is 1.12. The average Bonchev–Trinajstić information content (AvgIpc) is 2.52. The van der Waals surface area contributed by atoms with Crippen molar-refractivity contribution >= 4 is 15.9 Å². The molecule has 6 heteroatoms. The summed E-state index contributed by atoms with van der Waals surface area (Å²) >= 11 is 0. The smallest absolute Gasteiger partial charge is 0.315 e. The maximum absolute atomic E-state index is 11.8. The quantitative estimate of drug-likeness (QED) is 0.783. The van der Waals surface area contributed by atoms with Crippen LogP contribution >= 0.6 is 0 Å². The predicted molar refractivity (Wildman–Crippen MR) is 91.7 cm³/mol. The molecule has 1 atom stereocenters. The summed E-state index contributed by atoms with van der Waals surface area (Å²) in [6, 6.07) is 7.08. The Hall–Kier alpha value is -1.82. The molecule has 0 aliphatic heterocycles. The van der Waals surface area contributed by atoms with Gasteiger partial charge in [0.25, 0.3) is 0 Å². The van der Waals surface area contributed by atoms with Crippen LogP contribution in [0.1, 0.15) is 30.4 Å². The molecule has 0 spiro atoms. The summed E-state index contributed by atoms with van der Waals surface area (Å²) in [6.07, 6.45) is 8.82. The zero-order valence-electron chi connectivity index (χ0n) is 13.4. The molecule has 0 fully saturated rings. The van der Waals surface area contributed by atoms with Crippen LogP contribution in [0.25, 0.3) is 0 Å². The highest BCUT2D eigenvalue weighted by Gasteiger charge is 2.11. The minimum atomic E-state index is -3.02. The Morgan fingerprint density at radius 1 is 1.13 bits per heavy atom. The highest BCUT2D eigenvalue weighted by molar-refractivity contribution is 7.89. The third-order valence-electron chi connectivity index (χ3n) is 3.83. The van der Waals surface area contributed by atoms with E-state index in [9.17, 15) is 13.2 Å². The Morgan fingerprint density at radius 2 is 1.83 bits per heavy atom. The number of hydrogen-bond acceptors (Lipinski definition) is 3. The van der Waals surface area contributed by atoms with Gasteiger partial charge in [-0.1, -0.05) is 36.4 Å². The Labute approximate surface area is 138 Å². The van der Waals surface area contributed by atoms with E-state index >= 15 is 0 Å². The van der Waals surface area contributed by atoms with Gasteiger partial charge in [-0.2, -0.15) is 0 Å². The molecule has 0 saturated carbocycles. The molecule has 2 amide bonds. The second kappa shape index (κ2) is 8.15. The maximum atomic E-state index is 11.8. The fourth-order valence-electron chi connectivity index (χ4n) is 2.58. The second-order valence-corrected chi connectivity index (χ2v) is 8.24. The highest BCUT2D eigenvalue weighted by Crippen LogP contribution is 2.16. The van der Waals surface area contributed by atoms with Gasteiger partial charge in [-0.05, 0) is 36.3 Å². The van der Waals surface area contributed by atoms with Gasteiger partial charge in [0.15, 0.2) is 9.84 Å². The van der Waals surface area contributed by atoms with E-state index in [1.165, 1.54) is 6.26 Å². The third-order valence-corrected chi connectivity index (χ3v) is 4.69. The first-order valence-electron chi connectivity index (χ1n) is 7.84. The largest absolute Gasteiger partial charge is 0.338 e. The Morgan fingerprint density at radius 3 is 2.43 bits per heavy atom. The van der Waals surface area contributed by atoms with Gasteiger partial charge in [-0.15, -0.1) is 0 Å². The summed E-state index contributed by atoms with van der Waals surface area (Å²) in [5.74, 6) is 0.567. The van der Waals surface area contributed by atoms with Crippen molar-refractivity contribution in [1.82, 2.24) is 10.6 Å². The van der Waals surface area contributed by atoms with Crippen LogP contribution in [0.5, 0.6) is 0 Å². The van der Waals surface area contributed by atoms with E-state index < -0.39 is 9.84 Å². The minimum absolute atomic E-state index is 0.0387. The van der Waals surface area contributed by atoms with Gasteiger partial charge in [0.1, 0.15) is 0 Å². The lowest BCUT2D eigenvalue weighted by atomic mass is 9.94. The molecule has 23 heavy (non-hydrogen) atoms. The fourth-order valence-corrected chi connectivity index (χ4v) is 3.38. The molecule has 2 rings (SSSR count). The van der Waals surface area contributed by atoms with E-state index in [0.717, 1.165) is 30.4 Å². The molecule has 0 saturated heterocycles. The molecule has 2 N–H and O–H groups in total. The predicted octanol–water partition coefficient (Wildman–Crippen LogP) is 2.39. The van der Waals surface area contributed by atoms with Crippen molar-refractivity contribution in [1.29, 1.82) is 0 Å². The van der Waals surface area contributed by atoms with E-state index in [0.29, 0.717) is 19.0 Å². The van der Waals surface area contributed by atoms with Crippen LogP contribution in [0, 0.1) is 5.92 Å². The number of benzene rings is 1. The Kier molecular flexibility index (Phi) is 6.21. The number of nitrogens with one attached hydrogen (secondary N) is 2. The maximum Gasteiger partial charge on any atom is 0.315 e. The lowest BCUT2D eigenvalue weighted by Crippen LogP contribution is -2.38. The van der Waals surface area contributed by atoms with E-state index in [-0.39, 0.29) is 11.8 Å². The molecule has 0 aromatic heterocycles. The van der Waals surface area contributed by atoms with Crippen LogP contribution in [0.15, 0.2) is 36.4 Å². The van der Waals surface area contributed by atoms with Gasteiger partial charge >= 0.3 is 6.03 Å². The van der Waals surface area contributed by atoms with Crippen LogP contribution in [0.4, 0.5) is 4.79 Å². The SMILES string of the molecule is CS(=O)(=O)Cc1ccc(CNC(=O)NC[C@H]2CC=CCC2)cc1. The van der Waals surface area contributed by atoms with Gasteiger partial charge in [0.2, 0.25) is 0 Å². The van der Waals surface area contributed by atoms with Crippen molar-refractivity contribution in [2.24, 2.45) is 5.92 Å². The standard InChI is InChI=1S/C17H24N2O3S/c1-23(21,22)13-16-9-7-15(8-10-16)12-19-17(20)18-11-14-5-3-2-4-6-14/h2-3,7-10,14H,4-6,11-13H2,1H3,(H2,18,19,20)/t14-/m0/s1. The Bertz CT molecular complexity index is 651. The van der Waals surface area contributed by atoms with Crippen LogP contribution < -0.4 is 10.6 Å². The van der Waals surface area contributed by atoms with Gasteiger partial charge in [0.05, 0.1) is 5.75 Å². The highest BCUT2D eigenvalue weighted by atomic mass is 32.2. The van der Waals surface area contributed by atoms with Crippen LogP contribution in [-0.4, -0.2) is 27.2 Å². The van der Waals surface area contributed by atoms with Crippen LogP contribution in [-0.2, 0) is 22.1 Å². The lowest BCUT2D eigenvalue weighted by molar-refractivity contribution is 0.238. The molecular formula is C17H24N2O3S. The topological polar surface area (TPSA) is 75.3 Å². The summed E-state index contributed by atoms with van der Waals surface area (Å²) in [7, 11) is -3.02. The van der Waals surface area contributed by atoms with Crippen molar-refractivity contribution in [3.05, 3.63) is 47.5 Å². The van der Waals surface area contributed by atoms with Crippen molar-refractivity contribution in [2.45, 2.75) is 31.6 Å². The molecular weight excluding hydrogens is 312 g/mol. The van der Waals surface area contributed by atoms with Gasteiger partial charge in [-0.3, -0.25) is 0 Å². The molecule has 1 aliphatic rings. The molecule has 1 aromatic carbocycles. The number of urea groups is 1.